The zero-order valence-corrected chi connectivity index (χ0v) is 17.3. The quantitative estimate of drug-likeness (QED) is 0.254. The van der Waals surface area contributed by atoms with Gasteiger partial charge < -0.3 is 28.5 Å². The van der Waals surface area contributed by atoms with E-state index in [-0.39, 0.29) is 11.9 Å². The molecule has 0 spiro atoms. The summed E-state index contributed by atoms with van der Waals surface area (Å²) >= 11 is 0. The maximum Gasteiger partial charge on any atom is 0.334 e. The molecule has 25 heavy (non-hydrogen) atoms. The summed E-state index contributed by atoms with van der Waals surface area (Å²) in [6, 6.07) is 0.932. The summed E-state index contributed by atoms with van der Waals surface area (Å²) in [4.78, 5) is 24.7. The maximum absolute atomic E-state index is 11.3. The van der Waals surface area contributed by atoms with Crippen molar-refractivity contribution >= 4 is 20.5 Å². The Morgan fingerprint density at radius 2 is 1.40 bits per heavy atom. The zero-order valence-electron chi connectivity index (χ0n) is 16.3. The minimum Gasteiger partial charge on any atom is -0.469 e. The molecule has 0 atom stereocenters. The van der Waals surface area contributed by atoms with Crippen molar-refractivity contribution in [2.75, 3.05) is 61.2 Å². The molecular weight excluding hydrogens is 344 g/mol. The summed E-state index contributed by atoms with van der Waals surface area (Å²) in [6.45, 7) is 5.57. The van der Waals surface area contributed by atoms with Gasteiger partial charge in [0, 0.05) is 40.4 Å². The van der Waals surface area contributed by atoms with Crippen LogP contribution in [0.5, 0.6) is 0 Å². The van der Waals surface area contributed by atoms with E-state index in [9.17, 15) is 9.59 Å². The molecule has 0 radical (unpaired) electrons. The lowest BCUT2D eigenvalue weighted by Crippen LogP contribution is -2.38. The van der Waals surface area contributed by atoms with Gasteiger partial charge in [-0.15, -0.1) is 0 Å². The van der Waals surface area contributed by atoms with Gasteiger partial charge in [0.1, 0.15) is 0 Å². The Balaban J connectivity index is 4.06. The summed E-state index contributed by atoms with van der Waals surface area (Å²) in [5, 5.41) is 3.38. The summed E-state index contributed by atoms with van der Waals surface area (Å²) in [5.74, 6) is -0.501. The van der Waals surface area contributed by atoms with Crippen molar-refractivity contribution < 1.29 is 27.9 Å². The molecular formula is C16H34N2O6Si. The summed E-state index contributed by atoms with van der Waals surface area (Å²) in [7, 11) is 4.15. The first-order valence-corrected chi connectivity index (χ1v) is 11.1. The molecule has 9 heteroatoms. The van der Waals surface area contributed by atoms with Gasteiger partial charge in [0.25, 0.3) is 0 Å². The molecule has 0 aliphatic carbocycles. The highest BCUT2D eigenvalue weighted by Crippen LogP contribution is 2.12. The first-order valence-electron chi connectivity index (χ1n) is 8.57. The van der Waals surface area contributed by atoms with Crippen molar-refractivity contribution in [3.8, 4) is 0 Å². The number of nitrogens with one attached hydrogen (secondary N) is 1. The first-order chi connectivity index (χ1) is 11.9. The van der Waals surface area contributed by atoms with E-state index in [1.807, 2.05) is 6.55 Å². The normalized spacial score (nSPS) is 11.6. The third kappa shape index (κ3) is 12.1. The van der Waals surface area contributed by atoms with Crippen LogP contribution < -0.4 is 5.32 Å². The molecule has 0 aliphatic rings. The Bertz CT molecular complexity index is 360. The van der Waals surface area contributed by atoms with Gasteiger partial charge in [0.15, 0.2) is 0 Å². The monoisotopic (exact) mass is 378 g/mol. The minimum atomic E-state index is -1.99. The Morgan fingerprint density at radius 1 is 0.880 bits per heavy atom. The Hall–Kier alpha value is -1.00. The highest BCUT2D eigenvalue weighted by Gasteiger charge is 2.27. The fourth-order valence-corrected chi connectivity index (χ4v) is 3.62. The SMILES string of the molecule is COC(=O)CCN(CCNCCC[Si](C)(OC)OC)CCC(=O)OC. The number of nitrogens with zero attached hydrogens (tertiary/aromatic N) is 1. The van der Waals surface area contributed by atoms with Crippen LogP contribution in [0.25, 0.3) is 0 Å². The van der Waals surface area contributed by atoms with Crippen molar-refractivity contribution in [2.24, 2.45) is 0 Å². The lowest BCUT2D eigenvalue weighted by Gasteiger charge is -2.23. The standard InChI is InChI=1S/C16H34N2O6Si/c1-21-15(19)7-11-18(12-8-16(20)22-2)13-10-17-9-6-14-25(5,23-3)24-4/h17H,6-14H2,1-5H3. The lowest BCUT2D eigenvalue weighted by atomic mass is 10.3. The van der Waals surface area contributed by atoms with Gasteiger partial charge in [-0.1, -0.05) is 0 Å². The zero-order chi connectivity index (χ0) is 19.1. The summed E-state index contributed by atoms with van der Waals surface area (Å²) < 4.78 is 20.2. The molecule has 0 aliphatic heterocycles. The van der Waals surface area contributed by atoms with E-state index in [1.54, 1.807) is 14.2 Å². The average molecular weight is 379 g/mol. The van der Waals surface area contributed by atoms with Gasteiger partial charge in [0.05, 0.1) is 27.1 Å². The molecule has 0 amide bonds. The second-order valence-corrected chi connectivity index (χ2v) is 9.47. The molecule has 0 unspecified atom stereocenters. The fraction of sp³-hybridized carbons (Fsp3) is 0.875. The van der Waals surface area contributed by atoms with Crippen LogP contribution in [-0.4, -0.2) is 86.6 Å². The lowest BCUT2D eigenvalue weighted by molar-refractivity contribution is -0.141. The number of rotatable bonds is 15. The van der Waals surface area contributed by atoms with E-state index in [4.69, 9.17) is 8.85 Å². The van der Waals surface area contributed by atoms with E-state index < -0.39 is 8.56 Å². The Labute approximate surface area is 152 Å². The summed E-state index contributed by atoms with van der Waals surface area (Å²) in [6.07, 6.45) is 1.60. The molecule has 0 saturated heterocycles. The maximum atomic E-state index is 11.3. The minimum absolute atomic E-state index is 0.251. The topological polar surface area (TPSA) is 86.3 Å². The van der Waals surface area contributed by atoms with Crippen molar-refractivity contribution in [1.29, 1.82) is 0 Å². The highest BCUT2D eigenvalue weighted by atomic mass is 28.4. The van der Waals surface area contributed by atoms with Gasteiger partial charge in [0.2, 0.25) is 0 Å². The van der Waals surface area contributed by atoms with Crippen LogP contribution in [0.15, 0.2) is 0 Å². The molecule has 0 heterocycles. The molecule has 0 aromatic carbocycles. The summed E-state index contributed by atoms with van der Waals surface area (Å²) in [5.41, 5.74) is 0. The third-order valence-corrected chi connectivity index (χ3v) is 7.16. The smallest absolute Gasteiger partial charge is 0.334 e. The molecule has 0 bridgehead atoms. The second kappa shape index (κ2) is 14.2. The largest absolute Gasteiger partial charge is 0.469 e. The van der Waals surface area contributed by atoms with E-state index >= 15 is 0 Å². The average Bonchev–Trinajstić information content (AvgIpc) is 2.64. The number of methoxy groups -OCH3 is 2. The van der Waals surface area contributed by atoms with Crippen LogP contribution in [0.1, 0.15) is 19.3 Å². The van der Waals surface area contributed by atoms with Crippen molar-refractivity contribution in [2.45, 2.75) is 31.9 Å². The van der Waals surface area contributed by atoms with Gasteiger partial charge in [-0.05, 0) is 25.6 Å². The van der Waals surface area contributed by atoms with E-state index in [2.05, 4.69) is 19.7 Å². The number of hydrogen-bond acceptors (Lipinski definition) is 8. The number of carbonyl (C=O) groups excluding carboxylic acids is 2. The molecule has 1 N–H and O–H groups in total. The molecule has 0 aromatic rings. The Kier molecular flexibility index (Phi) is 13.6. The van der Waals surface area contributed by atoms with E-state index in [1.165, 1.54) is 14.2 Å². The molecule has 0 saturated carbocycles. The van der Waals surface area contributed by atoms with Crippen LogP contribution in [-0.2, 0) is 27.9 Å². The van der Waals surface area contributed by atoms with Crippen molar-refractivity contribution in [1.82, 2.24) is 10.2 Å². The highest BCUT2D eigenvalue weighted by molar-refractivity contribution is 6.65. The molecule has 0 aromatic heterocycles. The number of carbonyl (C=O) groups is 2. The molecule has 148 valence electrons. The predicted octanol–water partition coefficient (Wildman–Crippen LogP) is 0.759. The van der Waals surface area contributed by atoms with Gasteiger partial charge >= 0.3 is 20.5 Å². The van der Waals surface area contributed by atoms with Gasteiger partial charge in [-0.3, -0.25) is 9.59 Å². The molecule has 8 nitrogen and oxygen atoms in total. The van der Waals surface area contributed by atoms with Crippen LogP contribution in [0.2, 0.25) is 12.6 Å². The van der Waals surface area contributed by atoms with Crippen LogP contribution in [0.3, 0.4) is 0 Å². The third-order valence-electron chi connectivity index (χ3n) is 4.17. The molecule has 0 rings (SSSR count). The molecule has 0 fully saturated rings. The van der Waals surface area contributed by atoms with Gasteiger partial charge in [-0.25, -0.2) is 0 Å². The predicted molar refractivity (Wildman–Crippen MR) is 97.6 cm³/mol. The number of hydrogen-bond donors (Lipinski definition) is 1. The van der Waals surface area contributed by atoms with Crippen LogP contribution in [0, 0.1) is 0 Å². The number of ether oxygens (including phenoxy) is 2. The Morgan fingerprint density at radius 3 is 1.84 bits per heavy atom. The van der Waals surface area contributed by atoms with Gasteiger partial charge in [-0.2, -0.15) is 0 Å². The fourth-order valence-electron chi connectivity index (χ4n) is 2.22. The van der Waals surface area contributed by atoms with E-state index in [0.29, 0.717) is 25.9 Å². The second-order valence-electron chi connectivity index (χ2n) is 5.89. The van der Waals surface area contributed by atoms with Crippen LogP contribution in [0.4, 0.5) is 0 Å². The van der Waals surface area contributed by atoms with Crippen molar-refractivity contribution in [3.05, 3.63) is 0 Å². The van der Waals surface area contributed by atoms with E-state index in [0.717, 1.165) is 32.1 Å². The first kappa shape index (κ1) is 24.0. The van der Waals surface area contributed by atoms with Crippen molar-refractivity contribution in [3.63, 3.8) is 0 Å². The number of esters is 2. The van der Waals surface area contributed by atoms with Crippen LogP contribution >= 0.6 is 0 Å².